The third kappa shape index (κ3) is 4.16. The Balaban J connectivity index is 1.85. The summed E-state index contributed by atoms with van der Waals surface area (Å²) >= 11 is 0. The van der Waals surface area contributed by atoms with Gasteiger partial charge in [0.1, 0.15) is 24.1 Å². The molecule has 2 fully saturated rings. The molecule has 2 aliphatic heterocycles. The van der Waals surface area contributed by atoms with E-state index >= 15 is 0 Å². The van der Waals surface area contributed by atoms with Crippen molar-refractivity contribution in [2.75, 3.05) is 18.9 Å². The second-order valence-electron chi connectivity index (χ2n) is 6.52. The maximum absolute atomic E-state index is 11.9. The molecule has 0 spiro atoms. The molecule has 2 saturated heterocycles. The first-order valence-electron chi connectivity index (χ1n) is 8.23. The van der Waals surface area contributed by atoms with E-state index in [9.17, 15) is 9.36 Å². The quantitative estimate of drug-likeness (QED) is 0.435. The number of nitrogen functional groups attached to an aromatic ring is 1. The van der Waals surface area contributed by atoms with Crippen molar-refractivity contribution in [1.82, 2.24) is 9.55 Å². The lowest BCUT2D eigenvalue weighted by Crippen LogP contribution is -2.32. The minimum atomic E-state index is -4.69. The normalized spacial score (nSPS) is 29.7. The zero-order chi connectivity index (χ0) is 20.0. The molecular weight excluding hydrogens is 385 g/mol. The van der Waals surface area contributed by atoms with Crippen LogP contribution in [0.25, 0.3) is 0 Å². The first-order valence-corrected chi connectivity index (χ1v) is 9.76. The summed E-state index contributed by atoms with van der Waals surface area (Å²) in [5.74, 6) is -1.60. The molecule has 152 valence electrons. The number of ether oxygens (including phenoxy) is 4. The van der Waals surface area contributed by atoms with Crippen LogP contribution in [0.3, 0.4) is 0 Å². The minimum Gasteiger partial charge on any atom is -0.461 e. The lowest BCUT2D eigenvalue weighted by Gasteiger charge is -2.25. The lowest BCUT2D eigenvalue weighted by atomic mass is 10.1. The van der Waals surface area contributed by atoms with Gasteiger partial charge in [-0.25, -0.2) is 14.3 Å². The number of hydrogen-bond acceptors (Lipinski definition) is 9. The number of rotatable bonds is 6. The van der Waals surface area contributed by atoms with Gasteiger partial charge in [-0.15, -0.1) is 0 Å². The van der Waals surface area contributed by atoms with Crippen LogP contribution >= 0.6 is 7.82 Å². The Labute approximate surface area is 154 Å². The third-order valence-corrected chi connectivity index (χ3v) is 4.59. The number of imidazole rings is 1. The van der Waals surface area contributed by atoms with Gasteiger partial charge in [0.2, 0.25) is 0 Å². The van der Waals surface area contributed by atoms with Crippen LogP contribution in [-0.2, 0) is 28.0 Å². The molecule has 3 heterocycles. The van der Waals surface area contributed by atoms with Gasteiger partial charge in [-0.1, -0.05) is 0 Å². The van der Waals surface area contributed by atoms with Crippen molar-refractivity contribution in [1.29, 1.82) is 0 Å². The Bertz CT molecular complexity index is 761. The van der Waals surface area contributed by atoms with Gasteiger partial charge >= 0.3 is 13.8 Å². The Morgan fingerprint density at radius 1 is 1.41 bits per heavy atom. The molecule has 0 aromatic carbocycles. The van der Waals surface area contributed by atoms with Crippen LogP contribution in [0.1, 0.15) is 37.5 Å². The molecule has 0 amide bonds. The monoisotopic (exact) mass is 407 g/mol. The standard InChI is InChI=1S/C14H22N3O9P/c1-4-22-13(18)8-11(15)17(6-16-8)12-10-9(25-14(2,3)26-10)7(24-12)5-23-27(19,20)21/h6-7,9-10,12H,4-5,15H2,1-3H3,(H2,19,20,21)/t7-,9-,10-,12-/m1/s1. The molecule has 3 rings (SSSR count). The van der Waals surface area contributed by atoms with Gasteiger partial charge in [0.05, 0.1) is 19.5 Å². The van der Waals surface area contributed by atoms with E-state index < -0.39 is 50.7 Å². The molecule has 0 radical (unpaired) electrons. The summed E-state index contributed by atoms with van der Waals surface area (Å²) in [5.41, 5.74) is 5.96. The summed E-state index contributed by atoms with van der Waals surface area (Å²) in [7, 11) is -4.69. The Morgan fingerprint density at radius 2 is 2.07 bits per heavy atom. The highest BCUT2D eigenvalue weighted by molar-refractivity contribution is 7.46. The summed E-state index contributed by atoms with van der Waals surface area (Å²) in [6.07, 6.45) is -1.68. The molecule has 13 heteroatoms. The van der Waals surface area contributed by atoms with E-state index in [0.29, 0.717) is 0 Å². The van der Waals surface area contributed by atoms with Crippen LogP contribution in [0.15, 0.2) is 6.33 Å². The van der Waals surface area contributed by atoms with E-state index in [1.807, 2.05) is 0 Å². The van der Waals surface area contributed by atoms with Gasteiger partial charge in [-0.05, 0) is 20.8 Å². The predicted octanol–water partition coefficient (Wildman–Crippen LogP) is 0.169. The highest BCUT2D eigenvalue weighted by Crippen LogP contribution is 2.45. The molecule has 4 N–H and O–H groups in total. The summed E-state index contributed by atoms with van der Waals surface area (Å²) in [4.78, 5) is 33.8. The second kappa shape index (κ2) is 7.13. The molecule has 0 aliphatic carbocycles. The zero-order valence-electron chi connectivity index (χ0n) is 15.0. The Morgan fingerprint density at radius 3 is 2.70 bits per heavy atom. The maximum atomic E-state index is 11.9. The summed E-state index contributed by atoms with van der Waals surface area (Å²) in [6.45, 7) is 4.81. The molecule has 1 aromatic heterocycles. The van der Waals surface area contributed by atoms with Crippen molar-refractivity contribution in [3.8, 4) is 0 Å². The van der Waals surface area contributed by atoms with Crippen LogP contribution in [0.2, 0.25) is 0 Å². The first kappa shape index (κ1) is 20.2. The van der Waals surface area contributed by atoms with Crippen LogP contribution in [0, 0.1) is 0 Å². The SMILES string of the molecule is CCOC(=O)c1ncn([C@@H]2O[C@H](COP(=O)(O)O)[C@H]3OC(C)(C)O[C@H]32)c1N. The van der Waals surface area contributed by atoms with Crippen molar-refractivity contribution in [3.63, 3.8) is 0 Å². The maximum Gasteiger partial charge on any atom is 0.469 e. The smallest absolute Gasteiger partial charge is 0.461 e. The molecule has 27 heavy (non-hydrogen) atoms. The van der Waals surface area contributed by atoms with E-state index in [1.54, 1.807) is 20.8 Å². The lowest BCUT2D eigenvalue weighted by molar-refractivity contribution is -0.199. The van der Waals surface area contributed by atoms with Gasteiger partial charge in [-0.2, -0.15) is 0 Å². The molecule has 0 unspecified atom stereocenters. The predicted molar refractivity (Wildman–Crippen MR) is 88.3 cm³/mol. The Kier molecular flexibility index (Phi) is 5.34. The number of carbonyl (C=O) groups excluding carboxylic acids is 1. The highest BCUT2D eigenvalue weighted by Gasteiger charge is 2.56. The van der Waals surface area contributed by atoms with Crippen molar-refractivity contribution in [2.45, 2.75) is 51.1 Å². The fraction of sp³-hybridized carbons (Fsp3) is 0.714. The Hall–Kier alpha value is -1.53. The van der Waals surface area contributed by atoms with E-state index in [4.69, 9.17) is 34.5 Å². The third-order valence-electron chi connectivity index (χ3n) is 4.11. The number of nitrogens with zero attached hydrogens (tertiary/aromatic N) is 2. The molecular formula is C14H22N3O9P. The van der Waals surface area contributed by atoms with Crippen molar-refractivity contribution in [3.05, 3.63) is 12.0 Å². The van der Waals surface area contributed by atoms with Gasteiger partial charge in [-0.3, -0.25) is 9.09 Å². The average molecular weight is 407 g/mol. The highest BCUT2D eigenvalue weighted by atomic mass is 31.2. The largest absolute Gasteiger partial charge is 0.469 e. The summed E-state index contributed by atoms with van der Waals surface area (Å²) < 4.78 is 39.3. The number of phosphoric acid groups is 1. The zero-order valence-corrected chi connectivity index (χ0v) is 15.9. The number of aromatic nitrogens is 2. The number of nitrogens with two attached hydrogens (primary N) is 1. The van der Waals surface area contributed by atoms with Crippen LogP contribution in [0.5, 0.6) is 0 Å². The average Bonchev–Trinajstić information content (AvgIpc) is 3.16. The molecule has 1 aromatic rings. The van der Waals surface area contributed by atoms with Crippen molar-refractivity contribution in [2.24, 2.45) is 0 Å². The van der Waals surface area contributed by atoms with Gasteiger partial charge in [0.15, 0.2) is 17.7 Å². The van der Waals surface area contributed by atoms with Gasteiger partial charge < -0.3 is 34.5 Å². The fourth-order valence-corrected chi connectivity index (χ4v) is 3.46. The number of phosphoric ester groups is 1. The fourth-order valence-electron chi connectivity index (χ4n) is 3.12. The minimum absolute atomic E-state index is 0.0158. The van der Waals surface area contributed by atoms with Crippen molar-refractivity contribution < 1.29 is 42.6 Å². The van der Waals surface area contributed by atoms with E-state index in [0.717, 1.165) is 0 Å². The summed E-state index contributed by atoms with van der Waals surface area (Å²) in [6, 6.07) is 0. The van der Waals surface area contributed by atoms with Gasteiger partial charge in [0, 0.05) is 0 Å². The second-order valence-corrected chi connectivity index (χ2v) is 7.76. The molecule has 0 bridgehead atoms. The molecule has 12 nitrogen and oxygen atoms in total. The van der Waals surface area contributed by atoms with E-state index in [2.05, 4.69) is 9.51 Å². The number of anilines is 1. The van der Waals surface area contributed by atoms with Crippen LogP contribution in [-0.4, -0.2) is 62.6 Å². The summed E-state index contributed by atoms with van der Waals surface area (Å²) in [5, 5.41) is 0. The number of hydrogen-bond donors (Lipinski definition) is 3. The van der Waals surface area contributed by atoms with E-state index in [-0.39, 0.29) is 18.1 Å². The van der Waals surface area contributed by atoms with E-state index in [1.165, 1.54) is 10.9 Å². The van der Waals surface area contributed by atoms with Gasteiger partial charge in [0.25, 0.3) is 0 Å². The number of esters is 1. The first-order chi connectivity index (χ1) is 12.5. The number of fused-ring (bicyclic) bond motifs is 1. The van der Waals surface area contributed by atoms with Crippen LogP contribution < -0.4 is 5.73 Å². The molecule has 0 saturated carbocycles. The molecule has 4 atom stereocenters. The molecule has 2 aliphatic rings. The van der Waals surface area contributed by atoms with Crippen LogP contribution in [0.4, 0.5) is 5.82 Å². The van der Waals surface area contributed by atoms with Crippen molar-refractivity contribution >= 4 is 19.6 Å². The number of carbonyl (C=O) groups is 1. The topological polar surface area (TPSA) is 165 Å².